The minimum atomic E-state index is -0.591. The lowest BCUT2D eigenvalue weighted by Crippen LogP contribution is -2.55. The van der Waals surface area contributed by atoms with Gasteiger partial charge in [0.05, 0.1) is 18.1 Å². The number of primary amides is 1. The fourth-order valence-corrected chi connectivity index (χ4v) is 6.47. The molecule has 0 spiro atoms. The van der Waals surface area contributed by atoms with Crippen LogP contribution in [0.25, 0.3) is 0 Å². The van der Waals surface area contributed by atoms with Crippen molar-refractivity contribution in [3.63, 3.8) is 0 Å². The van der Waals surface area contributed by atoms with Gasteiger partial charge in [-0.3, -0.25) is 9.59 Å². The number of alkyl carbamates (subject to hydrolysis) is 1. The van der Waals surface area contributed by atoms with Crippen molar-refractivity contribution in [1.82, 2.24) is 26.2 Å². The fraction of sp³-hybridized carbons (Fsp3) is 0.778. The second kappa shape index (κ2) is 18.3. The summed E-state index contributed by atoms with van der Waals surface area (Å²) in [6.45, 7) is 23.5. The number of amides is 5. The lowest BCUT2D eigenvalue weighted by molar-refractivity contribution is -0.125. The van der Waals surface area contributed by atoms with Crippen molar-refractivity contribution in [2.45, 2.75) is 118 Å². The molecule has 2 fully saturated rings. The van der Waals surface area contributed by atoms with E-state index in [9.17, 15) is 19.2 Å². The first-order valence-electron chi connectivity index (χ1n) is 17.7. The largest absolute Gasteiger partial charge is 0.447 e. The lowest BCUT2D eigenvalue weighted by atomic mass is 9.82. The Labute approximate surface area is 283 Å². The van der Waals surface area contributed by atoms with E-state index >= 15 is 0 Å². The molecule has 2 rings (SSSR count). The van der Waals surface area contributed by atoms with Crippen LogP contribution < -0.4 is 27.0 Å². The normalized spacial score (nSPS) is 21.2. The molecule has 0 bridgehead atoms. The molecule has 2 aliphatic carbocycles. The Morgan fingerprint density at radius 2 is 1.64 bits per heavy atom. The Morgan fingerprint density at radius 1 is 1.00 bits per heavy atom. The first kappa shape index (κ1) is 39.9. The van der Waals surface area contributed by atoms with Gasteiger partial charge >= 0.3 is 12.1 Å². The Kier molecular flexibility index (Phi) is 15.6. The number of hydrogen-bond donors (Lipinski definition) is 5. The van der Waals surface area contributed by atoms with Gasteiger partial charge < -0.3 is 36.6 Å². The van der Waals surface area contributed by atoms with Gasteiger partial charge in [0.2, 0.25) is 11.8 Å². The standard InChI is InChI=1S/C36H64N6O5/c1-11-22(3)18-29(24(5)32(37)43)39-33(44)23(4)28-19-27(28)20-42(10)25(6)31(26-16-14-13-15-17-26)41-34(45)40-30(36(7,8)9)21-47-35(46)38-12-2/h22-23,26-31H,5-6,11-21H2,1-4,7-10H3,(H2,37,43)(H,38,46)(H,39,44)(H2,40,41,45)/t22?,23?,27-,28+,29?,30?,31?/m0/s1. The molecule has 7 atom stereocenters. The zero-order chi connectivity index (χ0) is 35.5. The third kappa shape index (κ3) is 12.7. The van der Waals surface area contributed by atoms with Gasteiger partial charge in [-0.2, -0.15) is 0 Å². The first-order chi connectivity index (χ1) is 22.0. The summed E-state index contributed by atoms with van der Waals surface area (Å²) < 4.78 is 5.37. The number of hydrogen-bond acceptors (Lipinski definition) is 6. The zero-order valence-electron chi connectivity index (χ0n) is 30.4. The van der Waals surface area contributed by atoms with Gasteiger partial charge in [-0.1, -0.05) is 80.4 Å². The minimum Gasteiger partial charge on any atom is -0.447 e. The topological polar surface area (TPSA) is 155 Å². The fourth-order valence-electron chi connectivity index (χ4n) is 6.47. The molecule has 0 radical (unpaired) electrons. The van der Waals surface area contributed by atoms with Crippen LogP contribution in [0.1, 0.15) is 99.8 Å². The van der Waals surface area contributed by atoms with Crippen LogP contribution >= 0.6 is 0 Å². The molecule has 6 N–H and O–H groups in total. The molecular formula is C36H64N6O5. The smallest absolute Gasteiger partial charge is 0.407 e. The van der Waals surface area contributed by atoms with Gasteiger partial charge in [0.15, 0.2) is 0 Å². The van der Waals surface area contributed by atoms with Crippen molar-refractivity contribution in [3.05, 3.63) is 24.4 Å². The molecule has 0 aromatic carbocycles. The summed E-state index contributed by atoms with van der Waals surface area (Å²) in [5.74, 6) is 0.193. The molecule has 268 valence electrons. The summed E-state index contributed by atoms with van der Waals surface area (Å²) in [6, 6.07) is -1.42. The predicted octanol–water partition coefficient (Wildman–Crippen LogP) is 5.08. The first-order valence-corrected chi connectivity index (χ1v) is 17.7. The molecule has 47 heavy (non-hydrogen) atoms. The van der Waals surface area contributed by atoms with E-state index in [0.29, 0.717) is 24.8 Å². The number of ether oxygens (including phenoxy) is 1. The van der Waals surface area contributed by atoms with Gasteiger partial charge in [-0.15, -0.1) is 0 Å². The Hall–Kier alpha value is -3.24. The average Bonchev–Trinajstić information content (AvgIpc) is 3.78. The van der Waals surface area contributed by atoms with E-state index in [1.54, 1.807) is 0 Å². The molecule has 0 saturated heterocycles. The second-order valence-electron chi connectivity index (χ2n) is 15.1. The third-order valence-electron chi connectivity index (χ3n) is 10.2. The number of urea groups is 1. The second-order valence-corrected chi connectivity index (χ2v) is 15.1. The lowest BCUT2D eigenvalue weighted by Gasteiger charge is -2.37. The van der Waals surface area contributed by atoms with Gasteiger partial charge in [-0.05, 0) is 61.7 Å². The summed E-state index contributed by atoms with van der Waals surface area (Å²) >= 11 is 0. The number of nitrogens with one attached hydrogen (secondary N) is 4. The quantitative estimate of drug-likeness (QED) is 0.129. The number of rotatable bonds is 18. The predicted molar refractivity (Wildman–Crippen MR) is 187 cm³/mol. The average molecular weight is 661 g/mol. The molecule has 0 aromatic heterocycles. The van der Waals surface area contributed by atoms with Crippen molar-refractivity contribution < 1.29 is 23.9 Å². The molecule has 0 aromatic rings. The van der Waals surface area contributed by atoms with E-state index in [1.165, 1.54) is 6.42 Å². The van der Waals surface area contributed by atoms with Crippen LogP contribution in [0.2, 0.25) is 0 Å². The molecule has 5 amide bonds. The zero-order valence-corrected chi connectivity index (χ0v) is 30.4. The van der Waals surface area contributed by atoms with Crippen molar-refractivity contribution >= 4 is 23.9 Å². The maximum Gasteiger partial charge on any atom is 0.407 e. The highest BCUT2D eigenvalue weighted by Gasteiger charge is 2.45. The van der Waals surface area contributed by atoms with E-state index in [1.807, 2.05) is 41.7 Å². The van der Waals surface area contributed by atoms with E-state index in [2.05, 4.69) is 53.2 Å². The summed E-state index contributed by atoms with van der Waals surface area (Å²) in [5.41, 5.74) is 6.26. The molecule has 2 aliphatic rings. The van der Waals surface area contributed by atoms with Crippen molar-refractivity contribution in [2.75, 3.05) is 26.7 Å². The van der Waals surface area contributed by atoms with Crippen LogP contribution in [0.4, 0.5) is 9.59 Å². The summed E-state index contributed by atoms with van der Waals surface area (Å²) in [6.07, 6.45) is 7.40. The molecule has 11 nitrogen and oxygen atoms in total. The number of nitrogens with two attached hydrogens (primary N) is 1. The molecular weight excluding hydrogens is 596 g/mol. The molecule has 5 unspecified atom stereocenters. The van der Waals surface area contributed by atoms with Gasteiger partial charge in [0.25, 0.3) is 0 Å². The van der Waals surface area contributed by atoms with Crippen LogP contribution in [0.5, 0.6) is 0 Å². The number of carbonyl (C=O) groups is 4. The van der Waals surface area contributed by atoms with Crippen molar-refractivity contribution in [1.29, 1.82) is 0 Å². The number of carbonyl (C=O) groups excluding carboxylic acids is 4. The monoisotopic (exact) mass is 660 g/mol. The number of nitrogens with zero attached hydrogens (tertiary/aromatic N) is 1. The summed E-state index contributed by atoms with van der Waals surface area (Å²) in [7, 11) is 2.01. The maximum absolute atomic E-state index is 13.4. The van der Waals surface area contributed by atoms with Gasteiger partial charge in [0, 0.05) is 37.3 Å². The Morgan fingerprint density at radius 3 is 2.19 bits per heavy atom. The van der Waals surface area contributed by atoms with Crippen LogP contribution in [0, 0.1) is 35.0 Å². The van der Waals surface area contributed by atoms with E-state index in [0.717, 1.165) is 50.8 Å². The van der Waals surface area contributed by atoms with Crippen LogP contribution in [0.3, 0.4) is 0 Å². The van der Waals surface area contributed by atoms with E-state index < -0.39 is 24.1 Å². The van der Waals surface area contributed by atoms with Crippen LogP contribution in [-0.4, -0.2) is 73.7 Å². The van der Waals surface area contributed by atoms with Crippen molar-refractivity contribution in [2.24, 2.45) is 40.7 Å². The highest BCUT2D eigenvalue weighted by atomic mass is 16.5. The molecule has 0 aliphatic heterocycles. The third-order valence-corrected chi connectivity index (χ3v) is 10.2. The molecule has 11 heteroatoms. The Balaban J connectivity index is 2.05. The summed E-state index contributed by atoms with van der Waals surface area (Å²) in [5, 5.41) is 12.0. The van der Waals surface area contributed by atoms with E-state index in [4.69, 9.17) is 10.5 Å². The highest BCUT2D eigenvalue weighted by molar-refractivity contribution is 5.93. The van der Waals surface area contributed by atoms with Crippen molar-refractivity contribution in [3.8, 4) is 0 Å². The van der Waals surface area contributed by atoms with E-state index in [-0.39, 0.29) is 53.3 Å². The molecule has 2 saturated carbocycles. The van der Waals surface area contributed by atoms with Gasteiger partial charge in [-0.25, -0.2) is 9.59 Å². The minimum absolute atomic E-state index is 0.0571. The Bertz CT molecular complexity index is 1100. The van der Waals surface area contributed by atoms with Crippen LogP contribution in [0.15, 0.2) is 24.4 Å². The number of likely N-dealkylation sites (N-methyl/N-ethyl adjacent to an activating group) is 1. The van der Waals surface area contributed by atoms with Gasteiger partial charge in [0.1, 0.15) is 6.61 Å². The summed E-state index contributed by atoms with van der Waals surface area (Å²) in [4.78, 5) is 52.7. The highest BCUT2D eigenvalue weighted by Crippen LogP contribution is 2.45. The van der Waals surface area contributed by atoms with Crippen LogP contribution in [-0.2, 0) is 14.3 Å². The SMILES string of the molecule is C=C(C(N)=O)C(CC(C)CC)NC(=O)C(C)[C@H]1C[C@H]1CN(C)C(=C)C(NC(=O)NC(COC(=O)NCC)C(C)(C)C)C1CCCCC1. The maximum atomic E-state index is 13.4. The molecule has 0 heterocycles.